The summed E-state index contributed by atoms with van der Waals surface area (Å²) in [5.41, 5.74) is 2.81. The van der Waals surface area contributed by atoms with E-state index in [-0.39, 0.29) is 18.6 Å². The summed E-state index contributed by atoms with van der Waals surface area (Å²) in [5, 5.41) is 16.6. The highest BCUT2D eigenvalue weighted by atomic mass is 16.6. The number of amides is 4. The minimum atomic E-state index is -1.39. The topological polar surface area (TPSA) is 124 Å². The Bertz CT molecular complexity index is 1260. The molecule has 2 aliphatic carbocycles. The lowest BCUT2D eigenvalue weighted by molar-refractivity contribution is -0.140. The predicted octanol–water partition coefficient (Wildman–Crippen LogP) is 2.50. The zero-order chi connectivity index (χ0) is 25.7. The third kappa shape index (κ3) is 4.14. The van der Waals surface area contributed by atoms with Gasteiger partial charge in [-0.15, -0.1) is 0 Å². The number of nitrogens with zero attached hydrogens (tertiary/aromatic N) is 3. The van der Waals surface area contributed by atoms with Crippen LogP contribution in [0.3, 0.4) is 0 Å². The average Bonchev–Trinajstić information content (AvgIpc) is 3.66. The molecule has 1 saturated heterocycles. The number of pyridine rings is 1. The molecule has 0 radical (unpaired) electrons. The Balaban J connectivity index is 1.22. The van der Waals surface area contributed by atoms with Gasteiger partial charge >= 0.3 is 12.1 Å². The maximum Gasteiger partial charge on any atom is 0.418 e. The first-order chi connectivity index (χ1) is 17.9. The molecule has 3 N–H and O–H groups in total. The van der Waals surface area contributed by atoms with Gasteiger partial charge in [-0.2, -0.15) is 0 Å². The fourth-order valence-corrected chi connectivity index (χ4v) is 6.13. The van der Waals surface area contributed by atoms with Crippen LogP contribution in [-0.2, 0) is 34.5 Å². The molecule has 1 spiro atoms. The second-order valence-electron chi connectivity index (χ2n) is 10.4. The van der Waals surface area contributed by atoms with Gasteiger partial charge in [-0.05, 0) is 67.3 Å². The Hall–Kier alpha value is -3.50. The highest BCUT2D eigenvalue weighted by Crippen LogP contribution is 2.46. The molecule has 37 heavy (non-hydrogen) atoms. The number of aryl methyl sites for hydroxylation is 2. The maximum absolute atomic E-state index is 13.7. The molecule has 10 nitrogen and oxygen atoms in total. The molecule has 4 aliphatic rings. The summed E-state index contributed by atoms with van der Waals surface area (Å²) in [5.74, 6) is 0.0643. The molecule has 1 aromatic heterocycles. The molecule has 1 aromatic carbocycles. The quantitative estimate of drug-likeness (QED) is 0.570. The van der Waals surface area contributed by atoms with Crippen LogP contribution in [0.4, 0.5) is 15.3 Å². The van der Waals surface area contributed by atoms with Crippen LogP contribution >= 0.6 is 0 Å². The van der Waals surface area contributed by atoms with Crippen molar-refractivity contribution in [3.8, 4) is 0 Å². The van der Waals surface area contributed by atoms with Crippen molar-refractivity contribution in [2.45, 2.75) is 62.9 Å². The maximum atomic E-state index is 13.7. The van der Waals surface area contributed by atoms with E-state index in [1.807, 2.05) is 11.0 Å². The Labute approximate surface area is 215 Å². The number of anilines is 1. The molecule has 2 aromatic rings. The van der Waals surface area contributed by atoms with Gasteiger partial charge in [0.25, 0.3) is 5.91 Å². The van der Waals surface area contributed by atoms with Crippen LogP contribution in [0, 0.1) is 5.92 Å². The third-order valence-electron chi connectivity index (χ3n) is 8.19. The normalized spacial score (nSPS) is 25.9. The standard InChI is InChI=1S/C27H31N5O5/c1-28-25(35)30-19-7-8-20-18(13-19)10-11-27(20)24(34)32(26(36)37-27)15-23(33)31-14-21-16(3-2-12-29-21)6-9-22(31)17-4-5-17/h2-3,7-8,12-13,17,22-23,33H,4-6,9-11,14-15H2,1H3,(H2,28,30,35)/t22-,23?,27-/m0/s1. The molecular formula is C27H31N5O5. The first kappa shape index (κ1) is 23.9. The molecule has 2 fully saturated rings. The highest BCUT2D eigenvalue weighted by molar-refractivity contribution is 6.04. The van der Waals surface area contributed by atoms with Gasteiger partial charge in [-0.25, -0.2) is 14.5 Å². The van der Waals surface area contributed by atoms with E-state index in [1.54, 1.807) is 24.4 Å². The van der Waals surface area contributed by atoms with Crippen LogP contribution in [-0.4, -0.2) is 63.8 Å². The molecule has 4 amide bonds. The summed E-state index contributed by atoms with van der Waals surface area (Å²) in [6, 6.07) is 9.09. The second kappa shape index (κ2) is 9.11. The van der Waals surface area contributed by atoms with Crippen LogP contribution in [0.25, 0.3) is 0 Å². The van der Waals surface area contributed by atoms with E-state index < -0.39 is 23.8 Å². The lowest BCUT2D eigenvalue weighted by Gasteiger charge is -2.35. The molecule has 3 atom stereocenters. The number of hydrogen-bond acceptors (Lipinski definition) is 7. The molecule has 1 unspecified atom stereocenters. The van der Waals surface area contributed by atoms with Crippen LogP contribution in [0.2, 0.25) is 0 Å². The summed E-state index contributed by atoms with van der Waals surface area (Å²) < 4.78 is 5.75. The van der Waals surface area contributed by atoms with E-state index in [2.05, 4.69) is 21.7 Å². The van der Waals surface area contributed by atoms with E-state index in [1.165, 1.54) is 12.6 Å². The van der Waals surface area contributed by atoms with Crippen molar-refractivity contribution >= 4 is 23.7 Å². The van der Waals surface area contributed by atoms with Crippen molar-refractivity contribution < 1.29 is 24.2 Å². The number of β-amino-alcohol motifs (C(OH)–C–C–N with tert-alkyl or cyclic N) is 1. The van der Waals surface area contributed by atoms with Gasteiger partial charge in [0.15, 0.2) is 0 Å². The van der Waals surface area contributed by atoms with Crippen LogP contribution in [0.1, 0.15) is 48.1 Å². The molecule has 3 heterocycles. The van der Waals surface area contributed by atoms with Crippen molar-refractivity contribution in [1.82, 2.24) is 20.1 Å². The van der Waals surface area contributed by atoms with Crippen molar-refractivity contribution in [3.05, 3.63) is 58.9 Å². The highest BCUT2D eigenvalue weighted by Gasteiger charge is 2.58. The van der Waals surface area contributed by atoms with E-state index in [4.69, 9.17) is 4.74 Å². The van der Waals surface area contributed by atoms with E-state index in [0.717, 1.165) is 41.8 Å². The van der Waals surface area contributed by atoms with Crippen LogP contribution < -0.4 is 10.6 Å². The summed E-state index contributed by atoms with van der Waals surface area (Å²) in [7, 11) is 1.53. The van der Waals surface area contributed by atoms with E-state index in [9.17, 15) is 19.5 Å². The number of aromatic nitrogens is 1. The molecule has 0 bridgehead atoms. The van der Waals surface area contributed by atoms with Gasteiger partial charge in [0.05, 0.1) is 12.2 Å². The van der Waals surface area contributed by atoms with Crippen molar-refractivity contribution in [3.63, 3.8) is 0 Å². The Morgan fingerprint density at radius 3 is 2.84 bits per heavy atom. The fraction of sp³-hybridized carbons (Fsp3) is 0.481. The van der Waals surface area contributed by atoms with Gasteiger partial charge in [-0.3, -0.25) is 14.7 Å². The summed E-state index contributed by atoms with van der Waals surface area (Å²) in [4.78, 5) is 46.0. The van der Waals surface area contributed by atoms with Gasteiger partial charge in [-0.1, -0.05) is 12.1 Å². The van der Waals surface area contributed by atoms with E-state index in [0.29, 0.717) is 36.6 Å². The summed E-state index contributed by atoms with van der Waals surface area (Å²) >= 11 is 0. The molecule has 194 valence electrons. The molecule has 2 aliphatic heterocycles. The predicted molar refractivity (Wildman–Crippen MR) is 133 cm³/mol. The molecular weight excluding hydrogens is 474 g/mol. The number of imide groups is 1. The lowest BCUT2D eigenvalue weighted by Crippen LogP contribution is -2.50. The van der Waals surface area contributed by atoms with Crippen molar-refractivity contribution in [2.75, 3.05) is 18.9 Å². The zero-order valence-corrected chi connectivity index (χ0v) is 20.8. The minimum absolute atomic E-state index is 0.156. The number of carbonyl (C=O) groups excluding carboxylic acids is 3. The first-order valence-corrected chi connectivity index (χ1v) is 12.9. The van der Waals surface area contributed by atoms with Gasteiger partial charge < -0.3 is 20.5 Å². The molecule has 6 rings (SSSR count). The minimum Gasteiger partial charge on any atom is -0.427 e. The summed E-state index contributed by atoms with van der Waals surface area (Å²) in [6.45, 7) is 0.321. The Morgan fingerprint density at radius 2 is 2.05 bits per heavy atom. The Morgan fingerprint density at radius 1 is 1.22 bits per heavy atom. The fourth-order valence-electron chi connectivity index (χ4n) is 6.13. The Kier molecular flexibility index (Phi) is 5.88. The number of urea groups is 1. The number of fused-ring (bicyclic) bond motifs is 3. The SMILES string of the molecule is CNC(=O)Nc1ccc2c(c1)CC[C@]21OC(=O)N(CC(O)N2Cc3ncccc3CC[C@H]2C2CC2)C1=O. The number of rotatable bonds is 5. The molecule has 10 heteroatoms. The molecule has 1 saturated carbocycles. The number of nitrogens with one attached hydrogen (secondary N) is 2. The van der Waals surface area contributed by atoms with E-state index >= 15 is 0 Å². The smallest absolute Gasteiger partial charge is 0.418 e. The van der Waals surface area contributed by atoms with Crippen molar-refractivity contribution in [1.29, 1.82) is 0 Å². The summed E-state index contributed by atoms with van der Waals surface area (Å²) in [6.07, 6.45) is 4.92. The number of aliphatic hydroxyl groups excluding tert-OH is 1. The first-order valence-electron chi connectivity index (χ1n) is 12.9. The lowest BCUT2D eigenvalue weighted by atomic mass is 9.94. The zero-order valence-electron chi connectivity index (χ0n) is 20.8. The number of benzene rings is 1. The van der Waals surface area contributed by atoms with Gasteiger partial charge in [0.2, 0.25) is 5.60 Å². The van der Waals surface area contributed by atoms with Gasteiger partial charge in [0, 0.05) is 43.5 Å². The monoisotopic (exact) mass is 505 g/mol. The second-order valence-corrected chi connectivity index (χ2v) is 10.4. The van der Waals surface area contributed by atoms with Crippen LogP contribution in [0.5, 0.6) is 0 Å². The largest absolute Gasteiger partial charge is 0.427 e. The third-order valence-corrected chi connectivity index (χ3v) is 8.19. The van der Waals surface area contributed by atoms with Crippen molar-refractivity contribution in [2.24, 2.45) is 5.92 Å². The van der Waals surface area contributed by atoms with Crippen LogP contribution in [0.15, 0.2) is 36.5 Å². The number of hydrogen-bond donors (Lipinski definition) is 3. The van der Waals surface area contributed by atoms with Gasteiger partial charge in [0.1, 0.15) is 6.23 Å². The number of ether oxygens (including phenoxy) is 1. The number of carbonyl (C=O) groups is 3. The number of aliphatic hydroxyl groups is 1. The average molecular weight is 506 g/mol.